The summed E-state index contributed by atoms with van der Waals surface area (Å²) < 4.78 is 0. The lowest BCUT2D eigenvalue weighted by Gasteiger charge is -2.05. The Hall–Kier alpha value is -1.82. The van der Waals surface area contributed by atoms with Crippen LogP contribution in [0.15, 0.2) is 48.5 Å². The van der Waals surface area contributed by atoms with Crippen molar-refractivity contribution in [2.45, 2.75) is 35.1 Å². The first kappa shape index (κ1) is 15.2. The predicted octanol–water partition coefficient (Wildman–Crippen LogP) is 6.27. The fourth-order valence-corrected chi connectivity index (χ4v) is 2.31. The third-order valence-corrected chi connectivity index (χ3v) is 3.15. The van der Waals surface area contributed by atoms with Crippen LogP contribution in [0.1, 0.15) is 32.4 Å². The van der Waals surface area contributed by atoms with Gasteiger partial charge < -0.3 is 0 Å². The molecule has 0 aliphatic heterocycles. The molecular weight excluding hydrogens is 228 g/mol. The zero-order valence-corrected chi connectivity index (χ0v) is 11.6. The van der Waals surface area contributed by atoms with Crippen molar-refractivity contribution in [1.82, 2.24) is 0 Å². The second kappa shape index (κ2) is 6.38. The normalized spacial score (nSPS) is 9.68. The molecule has 0 heterocycles. The Balaban J connectivity index is 0.000000576. The smallest absolute Gasteiger partial charge is 0.0105 e. The summed E-state index contributed by atoms with van der Waals surface area (Å²) in [5.41, 5.74) is 2.64. The second-order valence-electron chi connectivity index (χ2n) is 4.51. The summed E-state index contributed by atoms with van der Waals surface area (Å²) >= 11 is 0. The number of hydrogen-bond donors (Lipinski definition) is 0. The highest BCUT2D eigenvalue weighted by Gasteiger charge is 2.00. The summed E-state index contributed by atoms with van der Waals surface area (Å²) in [7, 11) is 0. The van der Waals surface area contributed by atoms with Gasteiger partial charge in [0.05, 0.1) is 0 Å². The first-order chi connectivity index (χ1) is 8.74. The molecule has 0 spiro atoms. The van der Waals surface area contributed by atoms with Crippen LogP contribution < -0.4 is 0 Å². The van der Waals surface area contributed by atoms with E-state index in [0.29, 0.717) is 0 Å². The minimum Gasteiger partial charge on any atom is -0.0776 e. The van der Waals surface area contributed by atoms with Crippen LogP contribution in [-0.4, -0.2) is 0 Å². The molecule has 0 nitrogen and oxygen atoms in total. The molecule has 0 radical (unpaired) electrons. The van der Waals surface area contributed by atoms with Gasteiger partial charge in [-0.15, -0.1) is 0 Å². The van der Waals surface area contributed by atoms with Gasteiger partial charge >= 0.3 is 0 Å². The van der Waals surface area contributed by atoms with Crippen molar-refractivity contribution >= 4 is 21.5 Å². The Bertz CT molecular complexity index is 617. The van der Waals surface area contributed by atoms with E-state index in [1.54, 1.807) is 0 Å². The standard InChI is InChI=1S/C16H14.C2H6.CH4/c1-11-3-7-15-13(9-11)5-6-14-10-12(2)4-8-16(14)15;1-2;/h3-10H,1-2H3;1-2H3;1H4. The summed E-state index contributed by atoms with van der Waals surface area (Å²) in [6.07, 6.45) is 0. The van der Waals surface area contributed by atoms with E-state index in [1.165, 1.54) is 32.7 Å². The molecule has 19 heavy (non-hydrogen) atoms. The number of fused-ring (bicyclic) bond motifs is 3. The quantitative estimate of drug-likeness (QED) is 0.413. The zero-order valence-electron chi connectivity index (χ0n) is 11.6. The molecule has 0 unspecified atom stereocenters. The molecule has 0 fully saturated rings. The molecule has 0 heteroatoms. The van der Waals surface area contributed by atoms with Gasteiger partial charge in [-0.05, 0) is 35.4 Å². The van der Waals surface area contributed by atoms with Crippen LogP contribution in [0.2, 0.25) is 0 Å². The van der Waals surface area contributed by atoms with E-state index in [0.717, 1.165) is 0 Å². The van der Waals surface area contributed by atoms with Crippen molar-refractivity contribution in [3.63, 3.8) is 0 Å². The summed E-state index contributed by atoms with van der Waals surface area (Å²) in [5.74, 6) is 0. The van der Waals surface area contributed by atoms with Gasteiger partial charge in [-0.25, -0.2) is 0 Å². The SMILES string of the molecule is C.CC.Cc1ccc2c(ccc3cc(C)ccc32)c1. The maximum Gasteiger partial charge on any atom is -0.0105 e. The zero-order chi connectivity index (χ0) is 13.1. The van der Waals surface area contributed by atoms with Crippen LogP contribution in [0.3, 0.4) is 0 Å². The fraction of sp³-hybridized carbons (Fsp3) is 0.263. The third kappa shape index (κ3) is 2.96. The van der Waals surface area contributed by atoms with Crippen molar-refractivity contribution in [2.75, 3.05) is 0 Å². The minimum atomic E-state index is 0. The highest BCUT2D eigenvalue weighted by Crippen LogP contribution is 2.26. The van der Waals surface area contributed by atoms with E-state index in [4.69, 9.17) is 0 Å². The second-order valence-corrected chi connectivity index (χ2v) is 4.51. The van der Waals surface area contributed by atoms with E-state index in [9.17, 15) is 0 Å². The van der Waals surface area contributed by atoms with Crippen molar-refractivity contribution in [3.05, 3.63) is 59.7 Å². The van der Waals surface area contributed by atoms with Crippen LogP contribution >= 0.6 is 0 Å². The van der Waals surface area contributed by atoms with Gasteiger partial charge in [0.15, 0.2) is 0 Å². The lowest BCUT2D eigenvalue weighted by Crippen LogP contribution is -1.80. The Labute approximate surface area is 117 Å². The molecular formula is C19H24. The Morgan fingerprint density at radius 3 is 1.32 bits per heavy atom. The average Bonchev–Trinajstić information content (AvgIpc) is 2.40. The van der Waals surface area contributed by atoms with Gasteiger partial charge in [0, 0.05) is 0 Å². The minimum absolute atomic E-state index is 0. The van der Waals surface area contributed by atoms with Gasteiger partial charge in [0.2, 0.25) is 0 Å². The number of benzene rings is 3. The molecule has 0 saturated carbocycles. The van der Waals surface area contributed by atoms with Crippen LogP contribution in [0.5, 0.6) is 0 Å². The average molecular weight is 252 g/mol. The Kier molecular flexibility index (Phi) is 5.11. The van der Waals surface area contributed by atoms with Crippen molar-refractivity contribution < 1.29 is 0 Å². The Morgan fingerprint density at radius 2 is 0.947 bits per heavy atom. The molecule has 3 aromatic carbocycles. The molecule has 3 aromatic rings. The van der Waals surface area contributed by atoms with Crippen molar-refractivity contribution in [2.24, 2.45) is 0 Å². The van der Waals surface area contributed by atoms with Crippen LogP contribution in [-0.2, 0) is 0 Å². The third-order valence-electron chi connectivity index (χ3n) is 3.15. The van der Waals surface area contributed by atoms with Crippen molar-refractivity contribution in [3.8, 4) is 0 Å². The highest BCUT2D eigenvalue weighted by molar-refractivity contribution is 6.07. The number of rotatable bonds is 0. The Morgan fingerprint density at radius 1 is 0.579 bits per heavy atom. The highest BCUT2D eigenvalue weighted by atomic mass is 14.0. The number of aryl methyl sites for hydroxylation is 2. The maximum absolute atomic E-state index is 2.24. The fourth-order valence-electron chi connectivity index (χ4n) is 2.31. The van der Waals surface area contributed by atoms with E-state index in [2.05, 4.69) is 62.4 Å². The maximum atomic E-state index is 2.24. The van der Waals surface area contributed by atoms with Gasteiger partial charge in [-0.3, -0.25) is 0 Å². The van der Waals surface area contributed by atoms with Gasteiger partial charge in [0.25, 0.3) is 0 Å². The van der Waals surface area contributed by atoms with Gasteiger partial charge in [-0.2, -0.15) is 0 Å². The van der Waals surface area contributed by atoms with Crippen molar-refractivity contribution in [1.29, 1.82) is 0 Å². The molecule has 0 N–H and O–H groups in total. The van der Waals surface area contributed by atoms with E-state index < -0.39 is 0 Å². The molecule has 0 amide bonds. The molecule has 0 bridgehead atoms. The molecule has 100 valence electrons. The molecule has 0 aromatic heterocycles. The van der Waals surface area contributed by atoms with Crippen LogP contribution in [0.4, 0.5) is 0 Å². The van der Waals surface area contributed by atoms with E-state index >= 15 is 0 Å². The van der Waals surface area contributed by atoms with E-state index in [1.807, 2.05) is 13.8 Å². The molecule has 0 aliphatic carbocycles. The van der Waals surface area contributed by atoms with Crippen LogP contribution in [0.25, 0.3) is 21.5 Å². The number of hydrogen-bond acceptors (Lipinski definition) is 0. The largest absolute Gasteiger partial charge is 0.0776 e. The van der Waals surface area contributed by atoms with Crippen LogP contribution in [0, 0.1) is 13.8 Å². The molecule has 0 atom stereocenters. The summed E-state index contributed by atoms with van der Waals surface area (Å²) in [6, 6.07) is 17.7. The van der Waals surface area contributed by atoms with Gasteiger partial charge in [-0.1, -0.05) is 80.9 Å². The van der Waals surface area contributed by atoms with E-state index in [-0.39, 0.29) is 7.43 Å². The topological polar surface area (TPSA) is 0 Å². The molecule has 0 saturated heterocycles. The summed E-state index contributed by atoms with van der Waals surface area (Å²) in [6.45, 7) is 8.28. The summed E-state index contributed by atoms with van der Waals surface area (Å²) in [5, 5.41) is 5.36. The monoisotopic (exact) mass is 252 g/mol. The lowest BCUT2D eigenvalue weighted by atomic mass is 9.99. The van der Waals surface area contributed by atoms with Gasteiger partial charge in [0.1, 0.15) is 0 Å². The predicted molar refractivity (Wildman–Crippen MR) is 89.0 cm³/mol. The molecule has 3 rings (SSSR count). The summed E-state index contributed by atoms with van der Waals surface area (Å²) in [4.78, 5) is 0. The first-order valence-corrected chi connectivity index (χ1v) is 6.64. The first-order valence-electron chi connectivity index (χ1n) is 6.64. The molecule has 0 aliphatic rings. The lowest BCUT2D eigenvalue weighted by molar-refractivity contribution is 1.50.